The Labute approximate surface area is 116 Å². The molecular formula is C13H14N2O4S. The molecule has 6 nitrogen and oxygen atoms in total. The molecule has 0 unspecified atom stereocenters. The van der Waals surface area contributed by atoms with Gasteiger partial charge in [0.25, 0.3) is 0 Å². The quantitative estimate of drug-likeness (QED) is 0.894. The molecule has 1 heterocycles. The van der Waals surface area contributed by atoms with Gasteiger partial charge in [0.05, 0.1) is 10.5 Å². The third-order valence-electron chi connectivity index (χ3n) is 3.24. The fourth-order valence-electron chi connectivity index (χ4n) is 1.98. The van der Waals surface area contributed by atoms with E-state index >= 15 is 0 Å². The van der Waals surface area contributed by atoms with Gasteiger partial charge in [-0.2, -0.15) is 0 Å². The van der Waals surface area contributed by atoms with Gasteiger partial charge in [-0.05, 0) is 43.7 Å². The average molecular weight is 294 g/mol. The van der Waals surface area contributed by atoms with Crippen molar-refractivity contribution in [2.45, 2.75) is 18.7 Å². The molecule has 20 heavy (non-hydrogen) atoms. The maximum Gasteiger partial charge on any atom is 0.337 e. The SMILES string of the molecule is Cc1c(C(=O)O)cn(-c2ccc(S(N)(=O)=O)cc2)c1C. The van der Waals surface area contributed by atoms with Crippen LogP contribution in [-0.2, 0) is 10.0 Å². The normalized spacial score (nSPS) is 11.6. The minimum atomic E-state index is -3.73. The third kappa shape index (κ3) is 2.45. The molecule has 1 aromatic heterocycles. The Hall–Kier alpha value is -2.12. The predicted octanol–water partition coefficient (Wildman–Crippen LogP) is 1.44. The van der Waals surface area contributed by atoms with Gasteiger partial charge >= 0.3 is 5.97 Å². The number of benzene rings is 1. The maximum absolute atomic E-state index is 11.2. The van der Waals surface area contributed by atoms with Crippen LogP contribution in [0.1, 0.15) is 21.6 Å². The molecule has 7 heteroatoms. The van der Waals surface area contributed by atoms with Crippen molar-refractivity contribution in [3.63, 3.8) is 0 Å². The van der Waals surface area contributed by atoms with Crippen LogP contribution in [0, 0.1) is 13.8 Å². The first kappa shape index (κ1) is 14.3. The Morgan fingerprint density at radius 1 is 1.20 bits per heavy atom. The molecule has 0 spiro atoms. The van der Waals surface area contributed by atoms with Gasteiger partial charge in [0, 0.05) is 17.6 Å². The van der Waals surface area contributed by atoms with Crippen LogP contribution in [0.2, 0.25) is 0 Å². The Balaban J connectivity index is 2.53. The topological polar surface area (TPSA) is 102 Å². The van der Waals surface area contributed by atoms with E-state index in [1.54, 1.807) is 30.5 Å². The first-order valence-corrected chi connectivity index (χ1v) is 7.31. The number of nitrogens with zero attached hydrogens (tertiary/aromatic N) is 1. The highest BCUT2D eigenvalue weighted by molar-refractivity contribution is 7.89. The summed E-state index contributed by atoms with van der Waals surface area (Å²) in [5.41, 5.74) is 2.35. The van der Waals surface area contributed by atoms with E-state index in [0.717, 1.165) is 5.69 Å². The summed E-state index contributed by atoms with van der Waals surface area (Å²) in [6.45, 7) is 3.53. The molecule has 3 N–H and O–H groups in total. The molecule has 0 aliphatic rings. The fourth-order valence-corrected chi connectivity index (χ4v) is 2.49. The number of carboxylic acid groups (broad SMARTS) is 1. The van der Waals surface area contributed by atoms with Crippen molar-refractivity contribution in [1.29, 1.82) is 0 Å². The lowest BCUT2D eigenvalue weighted by molar-refractivity contribution is 0.0696. The van der Waals surface area contributed by atoms with E-state index in [4.69, 9.17) is 10.2 Å². The van der Waals surface area contributed by atoms with Crippen LogP contribution in [-0.4, -0.2) is 24.1 Å². The molecule has 106 valence electrons. The highest BCUT2D eigenvalue weighted by atomic mass is 32.2. The standard InChI is InChI=1S/C13H14N2O4S/c1-8-9(2)15(7-12(8)13(16)17)10-3-5-11(6-4-10)20(14,18)19/h3-7H,1-2H3,(H,16,17)(H2,14,18,19). The van der Waals surface area contributed by atoms with E-state index < -0.39 is 16.0 Å². The van der Waals surface area contributed by atoms with Gasteiger partial charge in [0.1, 0.15) is 0 Å². The summed E-state index contributed by atoms with van der Waals surface area (Å²) in [5.74, 6) is -0.995. The first-order valence-electron chi connectivity index (χ1n) is 5.77. The summed E-state index contributed by atoms with van der Waals surface area (Å²) in [5, 5.41) is 14.1. The molecule has 1 aromatic carbocycles. The summed E-state index contributed by atoms with van der Waals surface area (Å²) in [6.07, 6.45) is 1.51. The minimum Gasteiger partial charge on any atom is -0.478 e. The summed E-state index contributed by atoms with van der Waals surface area (Å²) < 4.78 is 24.1. The predicted molar refractivity (Wildman–Crippen MR) is 73.6 cm³/mol. The second-order valence-electron chi connectivity index (χ2n) is 4.47. The number of rotatable bonds is 3. The number of hydrogen-bond donors (Lipinski definition) is 2. The molecule has 0 saturated carbocycles. The van der Waals surface area contributed by atoms with E-state index in [1.165, 1.54) is 18.3 Å². The van der Waals surface area contributed by atoms with Crippen LogP contribution < -0.4 is 5.14 Å². The largest absolute Gasteiger partial charge is 0.478 e. The van der Waals surface area contributed by atoms with Crippen molar-refractivity contribution in [2.24, 2.45) is 5.14 Å². The zero-order valence-electron chi connectivity index (χ0n) is 11.0. The number of aromatic nitrogens is 1. The van der Waals surface area contributed by atoms with E-state index in [0.29, 0.717) is 11.3 Å². The maximum atomic E-state index is 11.2. The van der Waals surface area contributed by atoms with Crippen molar-refractivity contribution in [3.05, 3.63) is 47.3 Å². The van der Waals surface area contributed by atoms with Gasteiger partial charge in [-0.25, -0.2) is 18.4 Å². The molecule has 0 aliphatic carbocycles. The Morgan fingerprint density at radius 3 is 2.15 bits per heavy atom. The van der Waals surface area contributed by atoms with E-state index in [2.05, 4.69) is 0 Å². The second-order valence-corrected chi connectivity index (χ2v) is 6.03. The summed E-state index contributed by atoms with van der Waals surface area (Å²) in [4.78, 5) is 11.1. The molecule has 0 atom stereocenters. The molecule has 0 fully saturated rings. The second kappa shape index (κ2) is 4.77. The highest BCUT2D eigenvalue weighted by Gasteiger charge is 2.15. The van der Waals surface area contributed by atoms with Crippen LogP contribution in [0.3, 0.4) is 0 Å². The summed E-state index contributed by atoms with van der Waals surface area (Å²) in [6, 6.07) is 5.94. The van der Waals surface area contributed by atoms with Gasteiger partial charge in [0.2, 0.25) is 10.0 Å². The number of nitrogens with two attached hydrogens (primary N) is 1. The van der Waals surface area contributed by atoms with Crippen LogP contribution >= 0.6 is 0 Å². The number of carboxylic acids is 1. The van der Waals surface area contributed by atoms with Crippen LogP contribution in [0.4, 0.5) is 0 Å². The van der Waals surface area contributed by atoms with Gasteiger partial charge < -0.3 is 9.67 Å². The number of primary sulfonamides is 1. The molecule has 0 saturated heterocycles. The average Bonchev–Trinajstić information content (AvgIpc) is 2.66. The number of hydrogen-bond acceptors (Lipinski definition) is 3. The van der Waals surface area contributed by atoms with Crippen LogP contribution in [0.25, 0.3) is 5.69 Å². The zero-order chi connectivity index (χ0) is 15.1. The molecule has 0 amide bonds. The van der Waals surface area contributed by atoms with Crippen molar-refractivity contribution in [3.8, 4) is 5.69 Å². The first-order chi connectivity index (χ1) is 9.21. The molecule has 2 aromatic rings. The fraction of sp³-hybridized carbons (Fsp3) is 0.154. The Morgan fingerprint density at radius 2 is 1.75 bits per heavy atom. The summed E-state index contributed by atoms with van der Waals surface area (Å²) in [7, 11) is -3.73. The van der Waals surface area contributed by atoms with Crippen LogP contribution in [0.15, 0.2) is 35.4 Å². The third-order valence-corrected chi connectivity index (χ3v) is 4.17. The van der Waals surface area contributed by atoms with E-state index in [9.17, 15) is 13.2 Å². The van der Waals surface area contributed by atoms with E-state index in [-0.39, 0.29) is 10.5 Å². The lowest BCUT2D eigenvalue weighted by Crippen LogP contribution is -2.12. The van der Waals surface area contributed by atoms with Crippen LogP contribution in [0.5, 0.6) is 0 Å². The van der Waals surface area contributed by atoms with Gasteiger partial charge in [-0.1, -0.05) is 0 Å². The van der Waals surface area contributed by atoms with Crippen molar-refractivity contribution < 1.29 is 18.3 Å². The van der Waals surface area contributed by atoms with E-state index in [1.807, 2.05) is 0 Å². The molecule has 0 bridgehead atoms. The lowest BCUT2D eigenvalue weighted by Gasteiger charge is -2.07. The van der Waals surface area contributed by atoms with Gasteiger partial charge in [-0.15, -0.1) is 0 Å². The van der Waals surface area contributed by atoms with Gasteiger partial charge in [0.15, 0.2) is 0 Å². The smallest absolute Gasteiger partial charge is 0.337 e. The molecule has 0 radical (unpaired) electrons. The van der Waals surface area contributed by atoms with Crippen molar-refractivity contribution in [1.82, 2.24) is 4.57 Å². The summed E-state index contributed by atoms with van der Waals surface area (Å²) >= 11 is 0. The minimum absolute atomic E-state index is 0.0150. The molecule has 2 rings (SSSR count). The highest BCUT2D eigenvalue weighted by Crippen LogP contribution is 2.21. The Kier molecular flexibility index (Phi) is 3.41. The Bertz CT molecular complexity index is 773. The number of carbonyl (C=O) groups is 1. The number of aromatic carboxylic acids is 1. The van der Waals surface area contributed by atoms with Crippen molar-refractivity contribution in [2.75, 3.05) is 0 Å². The van der Waals surface area contributed by atoms with Crippen molar-refractivity contribution >= 4 is 16.0 Å². The van der Waals surface area contributed by atoms with Gasteiger partial charge in [-0.3, -0.25) is 0 Å². The molecule has 0 aliphatic heterocycles. The lowest BCUT2D eigenvalue weighted by atomic mass is 10.2. The monoisotopic (exact) mass is 294 g/mol. The zero-order valence-corrected chi connectivity index (χ0v) is 11.8. The molecular weight excluding hydrogens is 280 g/mol. The number of sulfonamides is 1.